The molecule has 1 aliphatic rings. The van der Waals surface area contributed by atoms with Crippen LogP contribution in [0.2, 0.25) is 0 Å². The highest BCUT2D eigenvalue weighted by atomic mass is 32.1. The normalized spacial score (nSPS) is 15.7. The average molecular weight is 183 g/mol. The fourth-order valence-corrected chi connectivity index (χ4v) is 2.16. The lowest BCUT2D eigenvalue weighted by Gasteiger charge is -2.09. The molecule has 3 N–H and O–H groups in total. The number of nitrogens with two attached hydrogens (primary N) is 1. The Morgan fingerprint density at radius 1 is 1.67 bits per heavy atom. The Labute approximate surface area is 73.8 Å². The summed E-state index contributed by atoms with van der Waals surface area (Å²) in [6, 6.07) is 0. The number of aromatic nitrogens is 1. The lowest BCUT2D eigenvalue weighted by Crippen LogP contribution is -2.22. The third-order valence-electron chi connectivity index (χ3n) is 1.81. The van der Waals surface area contributed by atoms with Crippen molar-refractivity contribution in [2.75, 3.05) is 6.54 Å². The Balaban J connectivity index is 2.38. The number of carbonyl (C=O) groups is 1. The number of fused-ring (bicyclic) bond motifs is 1. The molecule has 0 atom stereocenters. The zero-order chi connectivity index (χ0) is 8.55. The number of hydrogen-bond acceptors (Lipinski definition) is 4. The summed E-state index contributed by atoms with van der Waals surface area (Å²) in [5.41, 5.74) is 6.15. The van der Waals surface area contributed by atoms with E-state index in [1.165, 1.54) is 11.3 Å². The van der Waals surface area contributed by atoms with Crippen LogP contribution < -0.4 is 11.1 Å². The van der Waals surface area contributed by atoms with E-state index in [1.807, 2.05) is 0 Å². The van der Waals surface area contributed by atoms with E-state index in [1.54, 1.807) is 0 Å². The van der Waals surface area contributed by atoms with Crippen LogP contribution in [0.5, 0.6) is 0 Å². The minimum absolute atomic E-state index is 0.422. The van der Waals surface area contributed by atoms with Crippen molar-refractivity contribution in [3.63, 3.8) is 0 Å². The van der Waals surface area contributed by atoms with Crippen molar-refractivity contribution < 1.29 is 4.79 Å². The Morgan fingerprint density at radius 3 is 3.17 bits per heavy atom. The maximum Gasteiger partial charge on any atom is 0.277 e. The molecule has 2 heterocycles. The molecule has 0 radical (unpaired) electrons. The van der Waals surface area contributed by atoms with Crippen LogP contribution >= 0.6 is 11.3 Å². The van der Waals surface area contributed by atoms with Gasteiger partial charge in [0.25, 0.3) is 5.91 Å². The smallest absolute Gasteiger partial charge is 0.277 e. The number of hydrogen-bond donors (Lipinski definition) is 2. The predicted octanol–water partition coefficient (Wildman–Crippen LogP) is -0.112. The largest absolute Gasteiger partial charge is 0.364 e. The van der Waals surface area contributed by atoms with E-state index in [0.29, 0.717) is 5.01 Å². The van der Waals surface area contributed by atoms with Gasteiger partial charge in [-0.25, -0.2) is 4.98 Å². The summed E-state index contributed by atoms with van der Waals surface area (Å²) in [6.07, 6.45) is 0.902. The van der Waals surface area contributed by atoms with Crippen LogP contribution in [0.1, 0.15) is 20.4 Å². The molecular weight excluding hydrogens is 174 g/mol. The van der Waals surface area contributed by atoms with E-state index >= 15 is 0 Å². The number of nitrogens with zero attached hydrogens (tertiary/aromatic N) is 1. The van der Waals surface area contributed by atoms with E-state index < -0.39 is 5.91 Å². The molecule has 1 aliphatic heterocycles. The second-order valence-corrected chi connectivity index (χ2v) is 3.76. The molecule has 4 nitrogen and oxygen atoms in total. The van der Waals surface area contributed by atoms with Crippen LogP contribution in [0.4, 0.5) is 0 Å². The Kier molecular flexibility index (Phi) is 1.82. The van der Waals surface area contributed by atoms with Gasteiger partial charge in [-0.1, -0.05) is 0 Å². The van der Waals surface area contributed by atoms with E-state index in [2.05, 4.69) is 10.3 Å². The Morgan fingerprint density at radius 2 is 2.50 bits per heavy atom. The van der Waals surface area contributed by atoms with Crippen LogP contribution in [-0.4, -0.2) is 17.4 Å². The molecule has 0 aliphatic carbocycles. The van der Waals surface area contributed by atoms with E-state index in [-0.39, 0.29) is 0 Å². The number of primary amides is 1. The van der Waals surface area contributed by atoms with Gasteiger partial charge in [0, 0.05) is 24.4 Å². The fraction of sp³-hybridized carbons (Fsp3) is 0.429. The average Bonchev–Trinajstić information content (AvgIpc) is 2.46. The number of carbonyl (C=O) groups excluding carboxylic acids is 1. The van der Waals surface area contributed by atoms with Gasteiger partial charge in [-0.3, -0.25) is 4.79 Å². The molecule has 0 spiro atoms. The summed E-state index contributed by atoms with van der Waals surface area (Å²) < 4.78 is 0. The Hall–Kier alpha value is -0.940. The first-order valence-corrected chi connectivity index (χ1v) is 4.58. The maximum atomic E-state index is 10.8. The van der Waals surface area contributed by atoms with Gasteiger partial charge in [0.2, 0.25) is 0 Å². The SMILES string of the molecule is NC(=O)c1nc2c(s1)CNCC2. The van der Waals surface area contributed by atoms with Crippen molar-refractivity contribution in [3.8, 4) is 0 Å². The lowest BCUT2D eigenvalue weighted by atomic mass is 10.2. The highest BCUT2D eigenvalue weighted by molar-refractivity contribution is 7.13. The third-order valence-corrected chi connectivity index (χ3v) is 2.93. The number of nitrogens with one attached hydrogen (secondary N) is 1. The number of amides is 1. The Bertz CT molecular complexity index is 297. The number of thiazole rings is 1. The van der Waals surface area contributed by atoms with Gasteiger partial charge in [-0.05, 0) is 0 Å². The van der Waals surface area contributed by atoms with Crippen molar-refractivity contribution >= 4 is 17.2 Å². The summed E-state index contributed by atoms with van der Waals surface area (Å²) in [5, 5.41) is 3.65. The molecule has 64 valence electrons. The molecule has 0 unspecified atom stereocenters. The van der Waals surface area contributed by atoms with Gasteiger partial charge < -0.3 is 11.1 Å². The summed E-state index contributed by atoms with van der Waals surface area (Å²) >= 11 is 1.40. The van der Waals surface area contributed by atoms with E-state index in [9.17, 15) is 4.79 Å². The molecule has 0 saturated heterocycles. The standard InChI is InChI=1S/C7H9N3OS/c8-6(11)7-10-4-1-2-9-3-5(4)12-7/h9H,1-3H2,(H2,8,11). The van der Waals surface area contributed by atoms with Crippen LogP contribution in [0, 0.1) is 0 Å². The minimum Gasteiger partial charge on any atom is -0.364 e. The summed E-state index contributed by atoms with van der Waals surface area (Å²) in [6.45, 7) is 1.76. The van der Waals surface area contributed by atoms with Crippen LogP contribution in [0.3, 0.4) is 0 Å². The van der Waals surface area contributed by atoms with Crippen molar-refractivity contribution in [1.29, 1.82) is 0 Å². The van der Waals surface area contributed by atoms with Gasteiger partial charge in [-0.15, -0.1) is 11.3 Å². The van der Waals surface area contributed by atoms with E-state index in [0.717, 1.165) is 30.1 Å². The van der Waals surface area contributed by atoms with Crippen LogP contribution in [0.25, 0.3) is 0 Å². The fourth-order valence-electron chi connectivity index (χ4n) is 1.23. The summed E-state index contributed by atoms with van der Waals surface area (Å²) in [5.74, 6) is -0.422. The first kappa shape index (κ1) is 7.70. The monoisotopic (exact) mass is 183 g/mol. The van der Waals surface area contributed by atoms with Gasteiger partial charge in [0.05, 0.1) is 5.69 Å². The number of rotatable bonds is 1. The molecule has 0 saturated carbocycles. The van der Waals surface area contributed by atoms with Crippen molar-refractivity contribution in [2.24, 2.45) is 5.73 Å². The minimum atomic E-state index is -0.422. The van der Waals surface area contributed by atoms with Gasteiger partial charge in [0.1, 0.15) is 0 Å². The van der Waals surface area contributed by atoms with Gasteiger partial charge in [0.15, 0.2) is 5.01 Å². The molecule has 0 fully saturated rings. The van der Waals surface area contributed by atoms with Crippen LogP contribution in [-0.2, 0) is 13.0 Å². The molecule has 2 rings (SSSR count). The molecule has 0 aromatic carbocycles. The highest BCUT2D eigenvalue weighted by Crippen LogP contribution is 2.20. The van der Waals surface area contributed by atoms with Gasteiger partial charge in [-0.2, -0.15) is 0 Å². The van der Waals surface area contributed by atoms with Crippen molar-refractivity contribution in [3.05, 3.63) is 15.6 Å². The molecule has 5 heteroatoms. The van der Waals surface area contributed by atoms with Gasteiger partial charge >= 0.3 is 0 Å². The van der Waals surface area contributed by atoms with Crippen molar-refractivity contribution in [2.45, 2.75) is 13.0 Å². The summed E-state index contributed by atoms with van der Waals surface area (Å²) in [7, 11) is 0. The second kappa shape index (κ2) is 2.84. The van der Waals surface area contributed by atoms with Crippen LogP contribution in [0.15, 0.2) is 0 Å². The lowest BCUT2D eigenvalue weighted by molar-refractivity contribution is 0.1000. The maximum absolute atomic E-state index is 10.8. The molecular formula is C7H9N3OS. The second-order valence-electron chi connectivity index (χ2n) is 2.68. The van der Waals surface area contributed by atoms with Crippen molar-refractivity contribution in [1.82, 2.24) is 10.3 Å². The first-order chi connectivity index (χ1) is 5.77. The predicted molar refractivity (Wildman–Crippen MR) is 46.0 cm³/mol. The zero-order valence-electron chi connectivity index (χ0n) is 6.46. The van der Waals surface area contributed by atoms with E-state index in [4.69, 9.17) is 5.73 Å². The molecule has 1 amide bonds. The first-order valence-electron chi connectivity index (χ1n) is 3.76. The molecule has 0 bridgehead atoms. The topological polar surface area (TPSA) is 68.0 Å². The third kappa shape index (κ3) is 1.21. The molecule has 1 aromatic rings. The highest BCUT2D eigenvalue weighted by Gasteiger charge is 2.16. The quantitative estimate of drug-likeness (QED) is 0.638. The molecule has 1 aromatic heterocycles. The molecule has 12 heavy (non-hydrogen) atoms. The summed E-state index contributed by atoms with van der Waals surface area (Å²) in [4.78, 5) is 16.1. The zero-order valence-corrected chi connectivity index (χ0v) is 7.28.